The average molecular weight is 327 g/mol. The van der Waals surface area contributed by atoms with E-state index in [1.807, 2.05) is 12.1 Å². The summed E-state index contributed by atoms with van der Waals surface area (Å²) in [6.45, 7) is 6.78. The van der Waals surface area contributed by atoms with E-state index in [4.69, 9.17) is 4.74 Å². The van der Waals surface area contributed by atoms with Crippen LogP contribution < -0.4 is 5.32 Å². The maximum absolute atomic E-state index is 12.1. The van der Waals surface area contributed by atoms with Crippen molar-refractivity contribution < 1.29 is 9.53 Å². The predicted molar refractivity (Wildman–Crippen MR) is 97.6 cm³/mol. The molecule has 0 aliphatic carbocycles. The third kappa shape index (κ3) is 4.91. The Kier molecular flexibility index (Phi) is 6.32. The minimum atomic E-state index is -0.137. The van der Waals surface area contributed by atoms with Gasteiger partial charge in [-0.2, -0.15) is 0 Å². The molecule has 0 bridgehead atoms. The number of hydrogen-bond acceptors (Lipinski definition) is 3. The van der Waals surface area contributed by atoms with Crippen molar-refractivity contribution in [3.8, 4) is 10.4 Å². The summed E-state index contributed by atoms with van der Waals surface area (Å²) in [6, 6.07) is 12.5. The molecule has 0 aliphatic rings. The highest BCUT2D eigenvalue weighted by Crippen LogP contribution is 2.29. The number of benzene rings is 1. The van der Waals surface area contributed by atoms with Crippen LogP contribution in [0, 0.1) is 6.92 Å². The van der Waals surface area contributed by atoms with Gasteiger partial charge in [0.05, 0.1) is 6.61 Å². The van der Waals surface area contributed by atoms with Crippen LogP contribution in [-0.4, -0.2) is 26.2 Å². The second-order valence-electron chi connectivity index (χ2n) is 5.12. The predicted octanol–water partition coefficient (Wildman–Crippen LogP) is 4.06. The van der Waals surface area contributed by atoms with Crippen molar-refractivity contribution >= 4 is 23.3 Å². The average Bonchev–Trinajstić information content (AvgIpc) is 3.02. The van der Waals surface area contributed by atoms with Crippen LogP contribution in [0.1, 0.15) is 10.4 Å². The van der Waals surface area contributed by atoms with Gasteiger partial charge in [0.15, 0.2) is 0 Å². The molecule has 23 heavy (non-hydrogen) atoms. The molecular formula is C19H21NO2S. The molecular weight excluding hydrogens is 306 g/mol. The Morgan fingerprint density at radius 1 is 1.26 bits per heavy atom. The van der Waals surface area contributed by atoms with Gasteiger partial charge in [-0.15, -0.1) is 11.3 Å². The molecule has 0 aliphatic heterocycles. The molecule has 1 aromatic carbocycles. The van der Waals surface area contributed by atoms with E-state index in [9.17, 15) is 4.79 Å². The second kappa shape index (κ2) is 8.46. The Hall–Kier alpha value is -2.17. The monoisotopic (exact) mass is 327 g/mol. The number of ether oxygens (including phenoxy) is 1. The number of aryl methyl sites for hydroxylation is 1. The molecule has 1 N–H and O–H groups in total. The number of rotatable bonds is 7. The number of carbonyl (C=O) groups is 1. The van der Waals surface area contributed by atoms with E-state index >= 15 is 0 Å². The molecule has 0 saturated heterocycles. The van der Waals surface area contributed by atoms with E-state index in [1.165, 1.54) is 16.0 Å². The zero-order chi connectivity index (χ0) is 16.7. The van der Waals surface area contributed by atoms with Crippen molar-refractivity contribution in [3.05, 3.63) is 65.1 Å². The lowest BCUT2D eigenvalue weighted by Crippen LogP contribution is -2.27. The smallest absolute Gasteiger partial charge is 0.251 e. The Morgan fingerprint density at radius 3 is 2.65 bits per heavy atom. The van der Waals surface area contributed by atoms with Crippen molar-refractivity contribution in [1.29, 1.82) is 0 Å². The lowest BCUT2D eigenvalue weighted by molar-refractivity contribution is -0.117. The van der Waals surface area contributed by atoms with Crippen LogP contribution in [0.4, 0.5) is 0 Å². The van der Waals surface area contributed by atoms with E-state index in [1.54, 1.807) is 24.5 Å². The Balaban J connectivity index is 2.13. The third-order valence-electron chi connectivity index (χ3n) is 3.33. The summed E-state index contributed by atoms with van der Waals surface area (Å²) in [4.78, 5) is 14.3. The number of methoxy groups -OCH3 is 1. The van der Waals surface area contributed by atoms with Gasteiger partial charge in [-0.25, -0.2) is 0 Å². The number of thiophene rings is 1. The molecule has 4 heteroatoms. The van der Waals surface area contributed by atoms with E-state index < -0.39 is 0 Å². The molecule has 1 amide bonds. The Morgan fingerprint density at radius 2 is 2.00 bits per heavy atom. The van der Waals surface area contributed by atoms with Crippen molar-refractivity contribution in [2.45, 2.75) is 6.92 Å². The summed E-state index contributed by atoms with van der Waals surface area (Å²) < 4.78 is 4.93. The lowest BCUT2D eigenvalue weighted by Gasteiger charge is -2.04. The van der Waals surface area contributed by atoms with Crippen LogP contribution in [0.5, 0.6) is 0 Å². The van der Waals surface area contributed by atoms with Crippen molar-refractivity contribution in [2.75, 3.05) is 20.3 Å². The highest BCUT2D eigenvalue weighted by molar-refractivity contribution is 7.16. The number of hydrogen-bond donors (Lipinski definition) is 1. The van der Waals surface area contributed by atoms with Crippen LogP contribution in [-0.2, 0) is 9.53 Å². The van der Waals surface area contributed by atoms with Crippen LogP contribution >= 0.6 is 11.3 Å². The van der Waals surface area contributed by atoms with Crippen molar-refractivity contribution in [2.24, 2.45) is 0 Å². The molecule has 3 nitrogen and oxygen atoms in total. The summed E-state index contributed by atoms with van der Waals surface area (Å²) >= 11 is 1.65. The van der Waals surface area contributed by atoms with Gasteiger partial charge >= 0.3 is 0 Å². The van der Waals surface area contributed by atoms with E-state index in [-0.39, 0.29) is 5.91 Å². The molecule has 0 radical (unpaired) electrons. The van der Waals surface area contributed by atoms with Gasteiger partial charge in [0.1, 0.15) is 0 Å². The highest BCUT2D eigenvalue weighted by Gasteiger charge is 2.07. The van der Waals surface area contributed by atoms with E-state index in [0.717, 1.165) is 4.88 Å². The molecule has 1 heterocycles. The largest absolute Gasteiger partial charge is 0.383 e. The fourth-order valence-corrected chi connectivity index (χ4v) is 3.01. The maximum Gasteiger partial charge on any atom is 0.251 e. The minimum absolute atomic E-state index is 0.137. The molecule has 2 aromatic rings. The maximum atomic E-state index is 12.1. The van der Waals surface area contributed by atoms with Crippen LogP contribution in [0.3, 0.4) is 0 Å². The Bertz CT molecular complexity index is 698. The molecule has 2 rings (SSSR count). The van der Waals surface area contributed by atoms with Gasteiger partial charge in [-0.05, 0) is 30.7 Å². The van der Waals surface area contributed by atoms with Gasteiger partial charge in [0.2, 0.25) is 0 Å². The topological polar surface area (TPSA) is 38.3 Å². The van der Waals surface area contributed by atoms with Gasteiger partial charge < -0.3 is 10.1 Å². The van der Waals surface area contributed by atoms with Crippen molar-refractivity contribution in [3.63, 3.8) is 0 Å². The fraction of sp³-hybridized carbons (Fsp3) is 0.211. The second-order valence-corrected chi connectivity index (χ2v) is 6.24. The van der Waals surface area contributed by atoms with E-state index in [0.29, 0.717) is 18.7 Å². The minimum Gasteiger partial charge on any atom is -0.383 e. The fourth-order valence-electron chi connectivity index (χ4n) is 2.04. The number of amides is 1. The van der Waals surface area contributed by atoms with Crippen LogP contribution in [0.15, 0.2) is 54.6 Å². The summed E-state index contributed by atoms with van der Waals surface area (Å²) in [5.74, 6) is -0.137. The van der Waals surface area contributed by atoms with E-state index in [2.05, 4.69) is 49.2 Å². The zero-order valence-corrected chi connectivity index (χ0v) is 14.3. The molecule has 0 unspecified atom stereocenters. The van der Waals surface area contributed by atoms with Gasteiger partial charge in [-0.1, -0.05) is 42.5 Å². The molecule has 0 fully saturated rings. The Labute approximate surface area is 141 Å². The highest BCUT2D eigenvalue weighted by atomic mass is 32.1. The molecule has 1 aromatic heterocycles. The summed E-state index contributed by atoms with van der Waals surface area (Å²) in [5, 5.41) is 2.80. The molecule has 0 saturated carbocycles. The van der Waals surface area contributed by atoms with Crippen molar-refractivity contribution in [1.82, 2.24) is 5.32 Å². The zero-order valence-electron chi connectivity index (χ0n) is 13.5. The van der Waals surface area contributed by atoms with Gasteiger partial charge in [0, 0.05) is 29.0 Å². The first-order chi connectivity index (χ1) is 11.1. The third-order valence-corrected chi connectivity index (χ3v) is 4.42. The summed E-state index contributed by atoms with van der Waals surface area (Å²) in [5.41, 5.74) is 2.98. The van der Waals surface area contributed by atoms with Gasteiger partial charge in [-0.3, -0.25) is 4.79 Å². The molecule has 0 atom stereocenters. The SMILES string of the molecule is C=C/C(=C\c1ccc(-c2ccc(C)cc2)s1)C(=O)NCCOC. The first-order valence-electron chi connectivity index (χ1n) is 7.42. The van der Waals surface area contributed by atoms with Crippen LogP contribution in [0.25, 0.3) is 16.5 Å². The first-order valence-corrected chi connectivity index (χ1v) is 8.24. The normalized spacial score (nSPS) is 11.3. The first kappa shape index (κ1) is 17.2. The molecule has 0 spiro atoms. The number of nitrogens with one attached hydrogen (secondary N) is 1. The quantitative estimate of drug-likeness (QED) is 0.473. The number of carbonyl (C=O) groups excluding carboxylic acids is 1. The van der Waals surface area contributed by atoms with Gasteiger partial charge in [0.25, 0.3) is 5.91 Å². The van der Waals surface area contributed by atoms with Crippen LogP contribution in [0.2, 0.25) is 0 Å². The summed E-state index contributed by atoms with van der Waals surface area (Å²) in [6.07, 6.45) is 3.44. The lowest BCUT2D eigenvalue weighted by atomic mass is 10.1. The standard InChI is InChI=1S/C19H21NO2S/c1-4-15(19(21)20-11-12-22-3)13-17-9-10-18(23-17)16-7-5-14(2)6-8-16/h4-10,13H,1,11-12H2,2-3H3,(H,20,21)/b15-13+. The summed E-state index contributed by atoms with van der Waals surface area (Å²) in [7, 11) is 1.61. The molecule has 120 valence electrons.